The van der Waals surface area contributed by atoms with Crippen LogP contribution in [0.4, 0.5) is 5.69 Å². The monoisotopic (exact) mass is 491 g/mol. The number of nitrogens with zero attached hydrogens (tertiary/aromatic N) is 1. The number of carbonyl (C=O) groups excluding carboxylic acids is 4. The number of halogens is 1. The summed E-state index contributed by atoms with van der Waals surface area (Å²) in [7, 11) is 0. The highest BCUT2D eigenvalue weighted by molar-refractivity contribution is 9.10. The lowest BCUT2D eigenvalue weighted by atomic mass is 10.0. The first-order chi connectivity index (χ1) is 15.3. The van der Waals surface area contributed by atoms with Gasteiger partial charge in [0.1, 0.15) is 0 Å². The maximum Gasteiger partial charge on any atom is 0.262 e. The van der Waals surface area contributed by atoms with E-state index in [1.807, 2.05) is 30.3 Å². The van der Waals surface area contributed by atoms with Gasteiger partial charge in [-0.15, -0.1) is 0 Å². The largest absolute Gasteiger partial charge is 0.545 e. The van der Waals surface area contributed by atoms with E-state index in [2.05, 4.69) is 21.2 Å². The fourth-order valence-electron chi connectivity index (χ4n) is 3.62. The molecule has 1 aliphatic rings. The van der Waals surface area contributed by atoms with Crippen LogP contribution in [-0.4, -0.2) is 28.6 Å². The lowest BCUT2D eigenvalue weighted by molar-refractivity contribution is -0.254. The highest BCUT2D eigenvalue weighted by Crippen LogP contribution is 2.32. The summed E-state index contributed by atoms with van der Waals surface area (Å²) in [5.41, 5.74) is 1.13. The van der Waals surface area contributed by atoms with Crippen molar-refractivity contribution in [3.05, 3.63) is 99.0 Å². The molecule has 1 unspecified atom stereocenters. The number of fused-ring (bicyclic) bond motifs is 1. The van der Waals surface area contributed by atoms with Crippen LogP contribution in [0.25, 0.3) is 0 Å². The zero-order valence-electron chi connectivity index (χ0n) is 16.8. The van der Waals surface area contributed by atoms with Gasteiger partial charge in [0.2, 0.25) is 0 Å². The van der Waals surface area contributed by atoms with E-state index in [1.54, 1.807) is 13.0 Å². The second kappa shape index (κ2) is 8.39. The Kier molecular flexibility index (Phi) is 5.63. The van der Waals surface area contributed by atoms with E-state index >= 15 is 0 Å². The van der Waals surface area contributed by atoms with Gasteiger partial charge in [-0.05, 0) is 48.9 Å². The van der Waals surface area contributed by atoms with Gasteiger partial charge < -0.3 is 15.2 Å². The fraction of sp³-hybridized carbons (Fsp3) is 0.0833. The molecule has 0 spiro atoms. The van der Waals surface area contributed by atoms with Crippen LogP contribution in [0.1, 0.15) is 60.0 Å². The van der Waals surface area contributed by atoms with Crippen molar-refractivity contribution in [1.82, 2.24) is 4.90 Å². The molecule has 1 atom stereocenters. The second-order valence-corrected chi connectivity index (χ2v) is 8.17. The van der Waals surface area contributed by atoms with Crippen molar-refractivity contribution in [2.45, 2.75) is 13.0 Å². The van der Waals surface area contributed by atoms with E-state index in [0.717, 1.165) is 5.56 Å². The van der Waals surface area contributed by atoms with Crippen molar-refractivity contribution in [3.63, 3.8) is 0 Å². The number of carbonyl (C=O) groups is 4. The lowest BCUT2D eigenvalue weighted by Crippen LogP contribution is -2.32. The first kappa shape index (κ1) is 21.5. The summed E-state index contributed by atoms with van der Waals surface area (Å²) >= 11 is 3.18. The molecule has 3 amide bonds. The molecule has 1 N–H and O–H groups in total. The Morgan fingerprint density at radius 1 is 0.938 bits per heavy atom. The van der Waals surface area contributed by atoms with E-state index in [0.29, 0.717) is 4.47 Å². The Bertz CT molecular complexity index is 1270. The molecule has 0 aromatic heterocycles. The highest BCUT2D eigenvalue weighted by Gasteiger charge is 2.39. The van der Waals surface area contributed by atoms with Gasteiger partial charge in [-0.3, -0.25) is 19.3 Å². The van der Waals surface area contributed by atoms with Gasteiger partial charge in [0.15, 0.2) is 0 Å². The minimum Gasteiger partial charge on any atom is -0.545 e. The number of benzene rings is 3. The van der Waals surface area contributed by atoms with Crippen LogP contribution in [0.3, 0.4) is 0 Å². The predicted molar refractivity (Wildman–Crippen MR) is 118 cm³/mol. The molecule has 0 aliphatic carbocycles. The van der Waals surface area contributed by atoms with Gasteiger partial charge in [0.25, 0.3) is 17.7 Å². The van der Waals surface area contributed by atoms with Crippen LogP contribution in [0.5, 0.6) is 0 Å². The topological polar surface area (TPSA) is 107 Å². The van der Waals surface area contributed by atoms with Crippen molar-refractivity contribution >= 4 is 45.3 Å². The Morgan fingerprint density at radius 3 is 2.31 bits per heavy atom. The van der Waals surface area contributed by atoms with Crippen molar-refractivity contribution in [1.29, 1.82) is 0 Å². The molecule has 0 bridgehead atoms. The number of carboxylic acid groups (broad SMARTS) is 1. The molecule has 160 valence electrons. The molecule has 0 radical (unpaired) electrons. The summed E-state index contributed by atoms with van der Waals surface area (Å²) in [5, 5.41) is 13.9. The molecule has 4 rings (SSSR count). The number of carboxylic acids is 1. The third-order valence-electron chi connectivity index (χ3n) is 5.30. The average Bonchev–Trinajstić information content (AvgIpc) is 3.04. The number of hydrogen-bond donors (Lipinski definition) is 1. The van der Waals surface area contributed by atoms with Crippen LogP contribution < -0.4 is 10.4 Å². The van der Waals surface area contributed by atoms with Crippen molar-refractivity contribution in [2.75, 3.05) is 5.32 Å². The Balaban J connectivity index is 1.62. The quantitative estimate of drug-likeness (QED) is 0.550. The Hall–Kier alpha value is -3.78. The summed E-state index contributed by atoms with van der Waals surface area (Å²) in [4.78, 5) is 51.2. The van der Waals surface area contributed by atoms with E-state index in [1.165, 1.54) is 35.2 Å². The molecular weight excluding hydrogens is 476 g/mol. The minimum atomic E-state index is -1.44. The summed E-state index contributed by atoms with van der Waals surface area (Å²) in [6.07, 6.45) is 0. The number of anilines is 1. The normalized spacial score (nSPS) is 13.6. The number of hydrogen-bond acceptors (Lipinski definition) is 5. The molecule has 0 saturated heterocycles. The number of nitrogens with one attached hydrogen (secondary N) is 1. The smallest absolute Gasteiger partial charge is 0.262 e. The minimum absolute atomic E-state index is 0.0560. The maximum absolute atomic E-state index is 13.0. The van der Waals surface area contributed by atoms with E-state index in [9.17, 15) is 24.3 Å². The number of rotatable bonds is 5. The molecule has 32 heavy (non-hydrogen) atoms. The first-order valence-corrected chi connectivity index (χ1v) is 10.5. The Morgan fingerprint density at radius 2 is 1.62 bits per heavy atom. The summed E-state index contributed by atoms with van der Waals surface area (Å²) < 4.78 is 0.518. The van der Waals surface area contributed by atoms with Gasteiger partial charge in [-0.25, -0.2) is 0 Å². The molecular formula is C24H16BrN2O5-. The molecule has 0 fully saturated rings. The number of imide groups is 1. The predicted octanol–water partition coefficient (Wildman–Crippen LogP) is 3.42. The molecule has 7 nitrogen and oxygen atoms in total. The maximum atomic E-state index is 13.0. The molecule has 3 aromatic rings. The van der Waals surface area contributed by atoms with Crippen LogP contribution in [0, 0.1) is 0 Å². The third-order valence-corrected chi connectivity index (χ3v) is 5.79. The van der Waals surface area contributed by atoms with Crippen LogP contribution in [-0.2, 0) is 0 Å². The molecule has 0 saturated carbocycles. The summed E-state index contributed by atoms with van der Waals surface area (Å²) in [6, 6.07) is 17.2. The van der Waals surface area contributed by atoms with Gasteiger partial charge >= 0.3 is 0 Å². The SMILES string of the molecule is CC(c1ccccc1)N1C(=O)c2ccc(C(=O)Nc3ccc(Br)cc3C(=O)[O-])cc2C1=O. The van der Waals surface area contributed by atoms with Gasteiger partial charge in [-0.2, -0.15) is 0 Å². The second-order valence-electron chi connectivity index (χ2n) is 7.26. The number of aromatic carboxylic acids is 1. The third kappa shape index (κ3) is 3.80. The van der Waals surface area contributed by atoms with Crippen molar-refractivity contribution in [2.24, 2.45) is 0 Å². The number of amides is 3. The molecule has 1 heterocycles. The van der Waals surface area contributed by atoms with Gasteiger partial charge in [-0.1, -0.05) is 46.3 Å². The zero-order chi connectivity index (χ0) is 23.0. The summed E-state index contributed by atoms with van der Waals surface area (Å²) in [6.45, 7) is 1.76. The van der Waals surface area contributed by atoms with Crippen LogP contribution in [0.2, 0.25) is 0 Å². The van der Waals surface area contributed by atoms with Gasteiger partial charge in [0, 0.05) is 15.6 Å². The molecule has 1 aliphatic heterocycles. The van der Waals surface area contributed by atoms with E-state index < -0.39 is 29.7 Å². The standard InChI is InChI=1S/C24H17BrN2O5/c1-13(14-5-3-2-4-6-14)27-22(29)17-9-7-15(11-18(17)23(27)30)21(28)26-20-10-8-16(25)12-19(20)24(31)32/h2-13H,1H3,(H,26,28)(H,31,32)/p-1. The zero-order valence-corrected chi connectivity index (χ0v) is 18.4. The average molecular weight is 492 g/mol. The first-order valence-electron chi connectivity index (χ1n) is 9.67. The van der Waals surface area contributed by atoms with Crippen molar-refractivity contribution < 1.29 is 24.3 Å². The Labute approximate surface area is 191 Å². The molecule has 8 heteroatoms. The lowest BCUT2D eigenvalue weighted by Gasteiger charge is -2.22. The fourth-order valence-corrected chi connectivity index (χ4v) is 3.98. The van der Waals surface area contributed by atoms with E-state index in [-0.39, 0.29) is 27.9 Å². The highest BCUT2D eigenvalue weighted by atomic mass is 79.9. The molecule has 3 aromatic carbocycles. The van der Waals surface area contributed by atoms with Gasteiger partial charge in [0.05, 0.1) is 28.8 Å². The summed E-state index contributed by atoms with van der Waals surface area (Å²) in [5.74, 6) is -2.98. The van der Waals surface area contributed by atoms with E-state index in [4.69, 9.17) is 0 Å². The van der Waals surface area contributed by atoms with Crippen LogP contribution >= 0.6 is 15.9 Å². The van der Waals surface area contributed by atoms with Crippen LogP contribution in [0.15, 0.2) is 71.2 Å². The van der Waals surface area contributed by atoms with Crippen molar-refractivity contribution in [3.8, 4) is 0 Å².